The molecule has 136 valence electrons. The van der Waals surface area contributed by atoms with Crippen LogP contribution in [0, 0.1) is 12.3 Å². The second kappa shape index (κ2) is 9.52. The third-order valence-electron chi connectivity index (χ3n) is 4.40. The number of benzene rings is 1. The SMILES string of the molecule is CCNC(=NCc1ncc(C)s1)NCC1(Cc2ccccc2)CC1.I. The molecule has 1 aromatic carbocycles. The largest absolute Gasteiger partial charge is 0.357 e. The van der Waals surface area contributed by atoms with Crippen LogP contribution in [0.5, 0.6) is 0 Å². The van der Waals surface area contributed by atoms with E-state index in [2.05, 4.69) is 64.8 Å². The highest BCUT2D eigenvalue weighted by Gasteiger charge is 2.42. The number of nitrogens with one attached hydrogen (secondary N) is 2. The van der Waals surface area contributed by atoms with Crippen LogP contribution < -0.4 is 10.6 Å². The van der Waals surface area contributed by atoms with E-state index < -0.39 is 0 Å². The Balaban J connectivity index is 0.00000225. The molecule has 4 nitrogen and oxygen atoms in total. The third kappa shape index (κ3) is 6.26. The molecule has 1 aromatic heterocycles. The van der Waals surface area contributed by atoms with Crippen LogP contribution in [0.1, 0.15) is 35.2 Å². The lowest BCUT2D eigenvalue weighted by molar-refractivity contribution is 0.492. The van der Waals surface area contributed by atoms with Crippen molar-refractivity contribution in [2.24, 2.45) is 10.4 Å². The number of rotatable bonds is 7. The van der Waals surface area contributed by atoms with E-state index in [9.17, 15) is 0 Å². The molecule has 3 rings (SSSR count). The zero-order valence-electron chi connectivity index (χ0n) is 14.9. The lowest BCUT2D eigenvalue weighted by Gasteiger charge is -2.18. The van der Waals surface area contributed by atoms with Gasteiger partial charge >= 0.3 is 0 Å². The third-order valence-corrected chi connectivity index (χ3v) is 5.29. The number of thiazole rings is 1. The zero-order chi connectivity index (χ0) is 16.8. The van der Waals surface area contributed by atoms with Gasteiger partial charge in [-0.25, -0.2) is 9.98 Å². The summed E-state index contributed by atoms with van der Waals surface area (Å²) in [6.45, 7) is 6.66. The molecule has 0 unspecified atom stereocenters. The van der Waals surface area contributed by atoms with E-state index in [1.165, 1.54) is 23.3 Å². The molecule has 2 N–H and O–H groups in total. The second-order valence-corrected chi connectivity index (χ2v) is 7.90. The van der Waals surface area contributed by atoms with Gasteiger partial charge in [0.2, 0.25) is 0 Å². The summed E-state index contributed by atoms with van der Waals surface area (Å²) >= 11 is 1.71. The Hall–Kier alpha value is -1.15. The summed E-state index contributed by atoms with van der Waals surface area (Å²) in [4.78, 5) is 10.3. The first-order valence-electron chi connectivity index (χ1n) is 8.66. The Morgan fingerprint density at radius 2 is 2.00 bits per heavy atom. The van der Waals surface area contributed by atoms with Crippen molar-refractivity contribution in [1.82, 2.24) is 15.6 Å². The van der Waals surface area contributed by atoms with E-state index in [0.717, 1.165) is 30.5 Å². The van der Waals surface area contributed by atoms with Crippen LogP contribution >= 0.6 is 35.3 Å². The van der Waals surface area contributed by atoms with Gasteiger partial charge in [-0.3, -0.25) is 0 Å². The Morgan fingerprint density at radius 3 is 2.60 bits per heavy atom. The van der Waals surface area contributed by atoms with Crippen molar-refractivity contribution >= 4 is 41.3 Å². The van der Waals surface area contributed by atoms with E-state index in [4.69, 9.17) is 0 Å². The smallest absolute Gasteiger partial charge is 0.191 e. The maximum Gasteiger partial charge on any atom is 0.191 e. The lowest BCUT2D eigenvalue weighted by atomic mass is 9.96. The predicted molar refractivity (Wildman–Crippen MR) is 117 cm³/mol. The highest BCUT2D eigenvalue weighted by Crippen LogP contribution is 2.47. The number of hydrogen-bond acceptors (Lipinski definition) is 3. The number of aliphatic imine (C=N–C) groups is 1. The lowest BCUT2D eigenvalue weighted by Crippen LogP contribution is -2.40. The first-order chi connectivity index (χ1) is 11.7. The fourth-order valence-corrected chi connectivity index (χ4v) is 3.57. The van der Waals surface area contributed by atoms with Crippen LogP contribution in [-0.4, -0.2) is 24.0 Å². The minimum atomic E-state index is 0. The van der Waals surface area contributed by atoms with Crippen molar-refractivity contribution in [1.29, 1.82) is 0 Å². The molecule has 1 aliphatic carbocycles. The number of hydrogen-bond donors (Lipinski definition) is 2. The molecule has 0 radical (unpaired) electrons. The molecule has 2 aromatic rings. The van der Waals surface area contributed by atoms with Crippen LogP contribution in [0.25, 0.3) is 0 Å². The highest BCUT2D eigenvalue weighted by atomic mass is 127. The van der Waals surface area contributed by atoms with Crippen molar-refractivity contribution < 1.29 is 0 Å². The van der Waals surface area contributed by atoms with E-state index in [1.54, 1.807) is 11.3 Å². The Bertz CT molecular complexity index is 680. The molecule has 0 saturated heterocycles. The molecule has 1 heterocycles. The summed E-state index contributed by atoms with van der Waals surface area (Å²) in [7, 11) is 0. The average molecular weight is 470 g/mol. The zero-order valence-corrected chi connectivity index (χ0v) is 18.1. The van der Waals surface area contributed by atoms with Crippen molar-refractivity contribution in [2.75, 3.05) is 13.1 Å². The predicted octanol–water partition coefficient (Wildman–Crippen LogP) is 4.15. The number of aryl methyl sites for hydroxylation is 1. The van der Waals surface area contributed by atoms with Gasteiger partial charge < -0.3 is 10.6 Å². The van der Waals surface area contributed by atoms with Gasteiger partial charge in [-0.2, -0.15) is 0 Å². The topological polar surface area (TPSA) is 49.3 Å². The normalized spacial score (nSPS) is 15.4. The van der Waals surface area contributed by atoms with E-state index in [1.807, 2.05) is 6.20 Å². The molecule has 6 heteroatoms. The fourth-order valence-electron chi connectivity index (χ4n) is 2.86. The highest BCUT2D eigenvalue weighted by molar-refractivity contribution is 14.0. The van der Waals surface area contributed by atoms with Gasteiger partial charge in [-0.05, 0) is 44.1 Å². The number of guanidine groups is 1. The Labute approximate surface area is 171 Å². The van der Waals surface area contributed by atoms with E-state index in [-0.39, 0.29) is 24.0 Å². The van der Waals surface area contributed by atoms with Gasteiger partial charge in [0.1, 0.15) is 5.01 Å². The van der Waals surface area contributed by atoms with Crippen molar-refractivity contribution in [2.45, 2.75) is 39.7 Å². The van der Waals surface area contributed by atoms with Gasteiger partial charge in [0.05, 0.1) is 6.54 Å². The first kappa shape index (κ1) is 20.2. The molecular weight excluding hydrogens is 443 g/mol. The standard InChI is InChI=1S/C19H26N4S.HI/c1-3-20-18(22-13-17-21-12-15(2)24-17)23-14-19(9-10-19)11-16-7-5-4-6-8-16;/h4-8,12H,3,9-11,13-14H2,1-2H3,(H2,20,22,23);1H. The van der Waals surface area contributed by atoms with Crippen LogP contribution in [0.4, 0.5) is 0 Å². The van der Waals surface area contributed by atoms with Crippen molar-refractivity contribution in [3.05, 3.63) is 52.0 Å². The van der Waals surface area contributed by atoms with Gasteiger partial charge in [0.15, 0.2) is 5.96 Å². The average Bonchev–Trinajstić information content (AvgIpc) is 3.22. The summed E-state index contributed by atoms with van der Waals surface area (Å²) in [5.41, 5.74) is 1.83. The molecule has 0 spiro atoms. The molecule has 0 atom stereocenters. The van der Waals surface area contributed by atoms with E-state index in [0.29, 0.717) is 12.0 Å². The van der Waals surface area contributed by atoms with Crippen LogP contribution in [0.3, 0.4) is 0 Å². The van der Waals surface area contributed by atoms with Gasteiger partial charge in [-0.1, -0.05) is 30.3 Å². The maximum absolute atomic E-state index is 4.68. The first-order valence-corrected chi connectivity index (χ1v) is 9.48. The van der Waals surface area contributed by atoms with E-state index >= 15 is 0 Å². The number of aromatic nitrogens is 1. The molecule has 0 bridgehead atoms. The summed E-state index contributed by atoms with van der Waals surface area (Å²) < 4.78 is 0. The summed E-state index contributed by atoms with van der Waals surface area (Å²) in [5, 5.41) is 7.94. The van der Waals surface area contributed by atoms with Crippen LogP contribution in [-0.2, 0) is 13.0 Å². The fraction of sp³-hybridized carbons (Fsp3) is 0.474. The molecular formula is C19H27IN4S. The van der Waals surface area contributed by atoms with Gasteiger partial charge in [0.25, 0.3) is 0 Å². The van der Waals surface area contributed by atoms with Crippen LogP contribution in [0.15, 0.2) is 41.5 Å². The van der Waals surface area contributed by atoms with Crippen molar-refractivity contribution in [3.63, 3.8) is 0 Å². The Kier molecular flexibility index (Phi) is 7.68. The minimum Gasteiger partial charge on any atom is -0.357 e. The van der Waals surface area contributed by atoms with Crippen molar-refractivity contribution in [3.8, 4) is 0 Å². The molecule has 0 aliphatic heterocycles. The summed E-state index contributed by atoms with van der Waals surface area (Å²) in [5.74, 6) is 0.893. The molecule has 25 heavy (non-hydrogen) atoms. The van der Waals surface area contributed by atoms with Gasteiger partial charge in [0, 0.05) is 24.2 Å². The minimum absolute atomic E-state index is 0. The monoisotopic (exact) mass is 470 g/mol. The molecule has 0 amide bonds. The molecule has 1 fully saturated rings. The second-order valence-electron chi connectivity index (χ2n) is 6.58. The number of nitrogens with zero attached hydrogens (tertiary/aromatic N) is 2. The Morgan fingerprint density at radius 1 is 1.24 bits per heavy atom. The number of halogens is 1. The summed E-state index contributed by atoms with van der Waals surface area (Å²) in [6.07, 6.45) is 5.64. The quantitative estimate of drug-likeness (QED) is 0.363. The summed E-state index contributed by atoms with van der Waals surface area (Å²) in [6, 6.07) is 10.8. The van der Waals surface area contributed by atoms with Gasteiger partial charge in [-0.15, -0.1) is 35.3 Å². The van der Waals surface area contributed by atoms with Crippen LogP contribution in [0.2, 0.25) is 0 Å². The molecule has 1 saturated carbocycles. The molecule has 1 aliphatic rings. The maximum atomic E-state index is 4.68.